The molecular weight excluding hydrogens is 254 g/mol. The van der Waals surface area contributed by atoms with Crippen LogP contribution in [-0.2, 0) is 0 Å². The molecular formula is C13H10ClNOS. The van der Waals surface area contributed by atoms with Crippen molar-refractivity contribution in [1.82, 2.24) is 0 Å². The molecule has 2 rings (SSSR count). The molecule has 0 N–H and O–H groups in total. The van der Waals surface area contributed by atoms with Crippen LogP contribution in [-0.4, -0.2) is 5.78 Å². The molecule has 0 spiro atoms. The summed E-state index contributed by atoms with van der Waals surface area (Å²) in [6, 6.07) is 1.78. The van der Waals surface area contributed by atoms with E-state index < -0.39 is 0 Å². The molecule has 0 saturated heterocycles. The van der Waals surface area contributed by atoms with Gasteiger partial charge in [-0.1, -0.05) is 17.2 Å². The Morgan fingerprint density at radius 2 is 2.00 bits per heavy atom. The second-order valence-electron chi connectivity index (χ2n) is 4.07. The minimum atomic E-state index is -0.00472. The Labute approximate surface area is 109 Å². The number of carbonyl (C=O) groups excluding carboxylic acids is 1. The van der Waals surface area contributed by atoms with Crippen LogP contribution in [0.4, 0.5) is 0 Å². The summed E-state index contributed by atoms with van der Waals surface area (Å²) in [5, 5.41) is 0. The van der Waals surface area contributed by atoms with Crippen molar-refractivity contribution < 1.29 is 4.79 Å². The largest absolute Gasteiger partial charge is 0.288 e. The Morgan fingerprint density at radius 3 is 2.53 bits per heavy atom. The second kappa shape index (κ2) is 4.14. The van der Waals surface area contributed by atoms with Crippen LogP contribution in [0.5, 0.6) is 0 Å². The highest BCUT2D eigenvalue weighted by Crippen LogP contribution is 2.45. The van der Waals surface area contributed by atoms with Crippen LogP contribution < -0.4 is 0 Å². The lowest BCUT2D eigenvalue weighted by Crippen LogP contribution is -1.96. The average Bonchev–Trinajstić information content (AvgIpc) is 2.75. The van der Waals surface area contributed by atoms with Gasteiger partial charge in [-0.3, -0.25) is 4.79 Å². The average molecular weight is 264 g/mol. The summed E-state index contributed by atoms with van der Waals surface area (Å²) in [7, 11) is 0. The molecule has 0 radical (unpaired) electrons. The van der Waals surface area contributed by atoms with Gasteiger partial charge in [0.25, 0.3) is 0 Å². The number of ketones is 1. The van der Waals surface area contributed by atoms with E-state index in [1.807, 2.05) is 13.8 Å². The van der Waals surface area contributed by atoms with Crippen molar-refractivity contribution in [2.45, 2.75) is 20.8 Å². The Hall–Kier alpha value is -1.37. The first-order valence-corrected chi connectivity index (χ1v) is 6.27. The van der Waals surface area contributed by atoms with E-state index in [0.717, 1.165) is 16.7 Å². The molecule has 1 heterocycles. The maximum Gasteiger partial charge on any atom is 0.202 e. The first kappa shape index (κ1) is 12.1. The van der Waals surface area contributed by atoms with Crippen molar-refractivity contribution in [2.75, 3.05) is 0 Å². The third-order valence-electron chi connectivity index (χ3n) is 2.68. The number of halogens is 1. The molecule has 1 aromatic rings. The van der Waals surface area contributed by atoms with Crippen LogP contribution in [0, 0.1) is 6.57 Å². The lowest BCUT2D eigenvalue weighted by Gasteiger charge is -2.04. The van der Waals surface area contributed by atoms with E-state index in [1.54, 1.807) is 13.0 Å². The molecule has 0 bridgehead atoms. The van der Waals surface area contributed by atoms with Gasteiger partial charge >= 0.3 is 0 Å². The van der Waals surface area contributed by atoms with E-state index in [-0.39, 0.29) is 5.78 Å². The van der Waals surface area contributed by atoms with Crippen LogP contribution >= 0.6 is 22.9 Å². The second-order valence-corrected chi connectivity index (χ2v) is 5.75. The minimum Gasteiger partial charge on any atom is -0.288 e. The Bertz CT molecular complexity index is 624. The van der Waals surface area contributed by atoms with Gasteiger partial charge < -0.3 is 0 Å². The van der Waals surface area contributed by atoms with Crippen molar-refractivity contribution in [1.29, 1.82) is 0 Å². The molecule has 1 aliphatic rings. The molecule has 1 aliphatic carbocycles. The molecule has 17 heavy (non-hydrogen) atoms. The fourth-order valence-electron chi connectivity index (χ4n) is 1.99. The smallest absolute Gasteiger partial charge is 0.202 e. The van der Waals surface area contributed by atoms with Crippen LogP contribution in [0.25, 0.3) is 10.4 Å². The third-order valence-corrected chi connectivity index (χ3v) is 3.95. The SMILES string of the molecule is [C-]#[N+]/C(C)=C1/C(=C(C)C)C(=O)c2sc(Cl)cc21. The molecule has 0 aromatic carbocycles. The Kier molecular flexibility index (Phi) is 2.94. The highest BCUT2D eigenvalue weighted by atomic mass is 35.5. The van der Waals surface area contributed by atoms with Gasteiger partial charge in [-0.2, -0.15) is 0 Å². The van der Waals surface area contributed by atoms with Gasteiger partial charge in [-0.25, -0.2) is 4.85 Å². The van der Waals surface area contributed by atoms with Crippen LogP contribution in [0.2, 0.25) is 4.34 Å². The zero-order chi connectivity index (χ0) is 12.7. The fraction of sp³-hybridized carbons (Fsp3) is 0.231. The van der Waals surface area contributed by atoms with E-state index in [4.69, 9.17) is 18.2 Å². The Morgan fingerprint density at radius 1 is 1.35 bits per heavy atom. The van der Waals surface area contributed by atoms with Crippen molar-refractivity contribution in [3.8, 4) is 0 Å². The fourth-order valence-corrected chi connectivity index (χ4v) is 3.16. The summed E-state index contributed by atoms with van der Waals surface area (Å²) in [4.78, 5) is 16.3. The summed E-state index contributed by atoms with van der Waals surface area (Å²) >= 11 is 7.22. The highest BCUT2D eigenvalue weighted by molar-refractivity contribution is 7.18. The number of thiophene rings is 1. The van der Waals surface area contributed by atoms with Gasteiger partial charge in [0.1, 0.15) is 0 Å². The van der Waals surface area contributed by atoms with Crippen LogP contribution in [0.3, 0.4) is 0 Å². The molecule has 0 atom stereocenters. The van der Waals surface area contributed by atoms with Crippen molar-refractivity contribution in [2.24, 2.45) is 0 Å². The van der Waals surface area contributed by atoms with Gasteiger partial charge in [0.2, 0.25) is 5.78 Å². The Balaban J connectivity index is 2.84. The van der Waals surface area contributed by atoms with Gasteiger partial charge in [0.15, 0.2) is 5.70 Å². The minimum absolute atomic E-state index is 0.00472. The van der Waals surface area contributed by atoms with Crippen molar-refractivity contribution >= 4 is 34.3 Å². The van der Waals surface area contributed by atoms with Crippen LogP contribution in [0.15, 0.2) is 22.9 Å². The summed E-state index contributed by atoms with van der Waals surface area (Å²) in [6.45, 7) is 12.6. The first-order chi connectivity index (χ1) is 7.97. The number of allylic oxidation sites excluding steroid dienone is 4. The van der Waals surface area contributed by atoms with Crippen molar-refractivity contribution in [3.63, 3.8) is 0 Å². The van der Waals surface area contributed by atoms with E-state index >= 15 is 0 Å². The maximum atomic E-state index is 12.2. The number of hydrogen-bond acceptors (Lipinski definition) is 2. The number of nitrogens with zero attached hydrogens (tertiary/aromatic N) is 1. The van der Waals surface area contributed by atoms with Crippen molar-refractivity contribution in [3.05, 3.63) is 49.1 Å². The van der Waals surface area contributed by atoms with Gasteiger partial charge in [-0.15, -0.1) is 11.3 Å². The van der Waals surface area contributed by atoms with Gasteiger partial charge in [0, 0.05) is 5.57 Å². The standard InChI is InChI=1S/C13H10ClNOS/c1-6(2)10-11(7(3)15-4)8-5-9(14)17-13(8)12(10)16/h5H,1-3H3/b11-7+. The monoisotopic (exact) mass is 263 g/mol. The molecule has 86 valence electrons. The van der Waals surface area contributed by atoms with E-state index in [1.165, 1.54) is 11.3 Å². The first-order valence-electron chi connectivity index (χ1n) is 5.08. The van der Waals surface area contributed by atoms with Crippen LogP contribution in [0.1, 0.15) is 36.0 Å². The third kappa shape index (κ3) is 1.74. The topological polar surface area (TPSA) is 21.4 Å². The lowest BCUT2D eigenvalue weighted by molar-refractivity contribution is 0.104. The maximum absolute atomic E-state index is 12.2. The highest BCUT2D eigenvalue weighted by Gasteiger charge is 2.34. The quantitative estimate of drug-likeness (QED) is 0.496. The molecule has 4 heteroatoms. The summed E-state index contributed by atoms with van der Waals surface area (Å²) in [5.41, 5.74) is 3.71. The molecule has 0 fully saturated rings. The predicted molar refractivity (Wildman–Crippen MR) is 71.2 cm³/mol. The molecule has 2 nitrogen and oxygen atoms in total. The summed E-state index contributed by atoms with van der Waals surface area (Å²) in [6.07, 6.45) is 0. The predicted octanol–water partition coefficient (Wildman–Crippen LogP) is 4.58. The lowest BCUT2D eigenvalue weighted by atomic mass is 10.00. The molecule has 0 aliphatic heterocycles. The molecule has 1 aromatic heterocycles. The van der Waals surface area contributed by atoms with E-state index in [2.05, 4.69) is 4.85 Å². The normalized spacial score (nSPS) is 16.9. The van der Waals surface area contributed by atoms with E-state index in [9.17, 15) is 4.79 Å². The number of fused-ring (bicyclic) bond motifs is 1. The molecule has 0 saturated carbocycles. The summed E-state index contributed by atoms with van der Waals surface area (Å²) < 4.78 is 0.589. The number of carbonyl (C=O) groups is 1. The molecule has 0 amide bonds. The number of rotatable bonds is 0. The van der Waals surface area contributed by atoms with E-state index in [0.29, 0.717) is 20.5 Å². The number of Topliss-reactive ketones (excluding diaryl/α,β-unsaturated/α-hetero) is 1. The zero-order valence-electron chi connectivity index (χ0n) is 9.72. The number of hydrogen-bond donors (Lipinski definition) is 0. The van der Waals surface area contributed by atoms with Gasteiger partial charge in [0.05, 0.1) is 15.8 Å². The van der Waals surface area contributed by atoms with Gasteiger partial charge in [-0.05, 0) is 38.0 Å². The summed E-state index contributed by atoms with van der Waals surface area (Å²) in [5.74, 6) is -0.00472. The molecule has 0 unspecified atom stereocenters. The zero-order valence-corrected chi connectivity index (χ0v) is 11.3.